The van der Waals surface area contributed by atoms with Crippen LogP contribution in [0.5, 0.6) is 5.75 Å². The van der Waals surface area contributed by atoms with Gasteiger partial charge in [0.1, 0.15) is 5.75 Å². The molecule has 4 atom stereocenters. The third-order valence-corrected chi connectivity index (χ3v) is 8.75. The molecule has 41 heavy (non-hydrogen) atoms. The van der Waals surface area contributed by atoms with Gasteiger partial charge < -0.3 is 24.4 Å². The Morgan fingerprint density at radius 2 is 1.83 bits per heavy atom. The Balaban J connectivity index is 1.92. The van der Waals surface area contributed by atoms with Crippen molar-refractivity contribution >= 4 is 27.5 Å². The fourth-order valence-corrected chi connectivity index (χ4v) is 6.24. The number of carbonyl (C=O) groups excluding carboxylic acids is 2. The van der Waals surface area contributed by atoms with E-state index in [1.54, 1.807) is 28.9 Å². The van der Waals surface area contributed by atoms with Crippen LogP contribution >= 0.6 is 0 Å². The zero-order valence-electron chi connectivity index (χ0n) is 25.3. The second kappa shape index (κ2) is 15.2. The molecule has 2 aliphatic rings. The summed E-state index contributed by atoms with van der Waals surface area (Å²) >= 11 is 0. The smallest absolute Gasteiger partial charge is 0.258 e. The van der Waals surface area contributed by atoms with Crippen molar-refractivity contribution in [2.45, 2.75) is 90.4 Å². The molecule has 3 rings (SSSR count). The van der Waals surface area contributed by atoms with Gasteiger partial charge in [-0.1, -0.05) is 26.2 Å². The van der Waals surface area contributed by atoms with Crippen molar-refractivity contribution in [2.75, 3.05) is 44.3 Å². The normalized spacial score (nSPS) is 24.5. The minimum atomic E-state index is -3.56. The molecular formula is C30H49N3O7S. The molecule has 1 saturated carbocycles. The summed E-state index contributed by atoms with van der Waals surface area (Å²) in [7, 11) is -1.73. The first-order valence-electron chi connectivity index (χ1n) is 15.0. The van der Waals surface area contributed by atoms with Crippen LogP contribution in [0.2, 0.25) is 0 Å². The highest BCUT2D eigenvalue weighted by Crippen LogP contribution is 2.29. The average Bonchev–Trinajstić information content (AvgIpc) is 2.93. The number of hydrogen-bond acceptors (Lipinski definition) is 7. The lowest BCUT2D eigenvalue weighted by Crippen LogP contribution is -2.48. The summed E-state index contributed by atoms with van der Waals surface area (Å²) in [6.07, 6.45) is 8.21. The highest BCUT2D eigenvalue weighted by molar-refractivity contribution is 7.92. The Bertz CT molecular complexity index is 1120. The number of aliphatic hydroxyl groups is 1. The first-order valence-corrected chi connectivity index (χ1v) is 16.9. The van der Waals surface area contributed by atoms with E-state index in [1.807, 2.05) is 20.9 Å². The molecule has 1 aromatic rings. The minimum absolute atomic E-state index is 0.0581. The molecule has 1 fully saturated rings. The fraction of sp³-hybridized carbons (Fsp3) is 0.733. The lowest BCUT2D eigenvalue weighted by Gasteiger charge is -2.36. The molecule has 2 amide bonds. The van der Waals surface area contributed by atoms with E-state index >= 15 is 0 Å². The summed E-state index contributed by atoms with van der Waals surface area (Å²) in [6, 6.07) is 4.17. The summed E-state index contributed by atoms with van der Waals surface area (Å²) in [5.41, 5.74) is 0.475. The lowest BCUT2D eigenvalue weighted by molar-refractivity contribution is -0.137. The molecule has 0 bridgehead atoms. The standard InChI is InChI=1S/C30H49N3O7S/c1-21-18-33(22(2)20-34)30(36)26-17-25(31-41(5,37)38)14-15-27(26)40-23(3)11-9-10-16-39-28(21)19-32(4)29(35)24-12-7-6-8-13-24/h14-15,17,21-24,28,31,34H,6-13,16,18-20H2,1-5H3/t21-,22+,23-,28-/m1/s1. The number of hydrogen-bond donors (Lipinski definition) is 2. The maximum atomic E-state index is 14.1. The van der Waals surface area contributed by atoms with Crippen molar-refractivity contribution in [3.8, 4) is 5.75 Å². The summed E-state index contributed by atoms with van der Waals surface area (Å²) in [4.78, 5) is 30.7. The molecule has 10 nitrogen and oxygen atoms in total. The van der Waals surface area contributed by atoms with E-state index in [4.69, 9.17) is 9.47 Å². The van der Waals surface area contributed by atoms with Gasteiger partial charge >= 0.3 is 0 Å². The van der Waals surface area contributed by atoms with Crippen LogP contribution in [-0.4, -0.2) is 93.0 Å². The number of benzene rings is 1. The zero-order valence-corrected chi connectivity index (χ0v) is 26.1. The van der Waals surface area contributed by atoms with Crippen LogP contribution in [0, 0.1) is 11.8 Å². The highest BCUT2D eigenvalue weighted by Gasteiger charge is 2.32. The van der Waals surface area contributed by atoms with Crippen molar-refractivity contribution in [1.29, 1.82) is 0 Å². The number of carbonyl (C=O) groups is 2. The third kappa shape index (κ3) is 9.85. The van der Waals surface area contributed by atoms with Crippen molar-refractivity contribution in [1.82, 2.24) is 9.80 Å². The van der Waals surface area contributed by atoms with E-state index < -0.39 is 16.1 Å². The maximum Gasteiger partial charge on any atom is 0.258 e. The van der Waals surface area contributed by atoms with Crippen molar-refractivity contribution in [3.63, 3.8) is 0 Å². The predicted molar refractivity (Wildman–Crippen MR) is 160 cm³/mol. The number of rotatable bonds is 7. The molecule has 0 spiro atoms. The van der Waals surface area contributed by atoms with Crippen LogP contribution in [-0.2, 0) is 19.6 Å². The van der Waals surface area contributed by atoms with Gasteiger partial charge in [-0.3, -0.25) is 14.3 Å². The van der Waals surface area contributed by atoms with Crippen LogP contribution in [0.4, 0.5) is 5.69 Å². The SMILES string of the molecule is C[C@@H]1CCCCO[C@H](CN(C)C(=O)C2CCCCC2)[C@H](C)CN([C@@H](C)CO)C(=O)c2cc(NS(C)(=O)=O)ccc2O1. The van der Waals surface area contributed by atoms with E-state index in [1.165, 1.54) is 12.5 Å². The van der Waals surface area contributed by atoms with E-state index in [-0.39, 0.29) is 60.3 Å². The first-order chi connectivity index (χ1) is 19.4. The minimum Gasteiger partial charge on any atom is -0.490 e. The zero-order chi connectivity index (χ0) is 30.2. The molecule has 1 aliphatic heterocycles. The summed E-state index contributed by atoms with van der Waals surface area (Å²) in [5.74, 6) is 0.0514. The van der Waals surface area contributed by atoms with Crippen molar-refractivity contribution in [2.24, 2.45) is 11.8 Å². The number of sulfonamides is 1. The highest BCUT2D eigenvalue weighted by atomic mass is 32.2. The molecule has 0 unspecified atom stereocenters. The van der Waals surface area contributed by atoms with Crippen LogP contribution in [0.1, 0.15) is 82.5 Å². The Morgan fingerprint density at radius 1 is 1.15 bits per heavy atom. The lowest BCUT2D eigenvalue weighted by atomic mass is 9.88. The van der Waals surface area contributed by atoms with Gasteiger partial charge in [0, 0.05) is 44.3 Å². The van der Waals surface area contributed by atoms with Gasteiger partial charge in [0.15, 0.2) is 0 Å². The Hall–Kier alpha value is -2.37. The van der Waals surface area contributed by atoms with Crippen LogP contribution in [0.15, 0.2) is 18.2 Å². The summed E-state index contributed by atoms with van der Waals surface area (Å²) in [5, 5.41) is 10.1. The number of amides is 2. The third-order valence-electron chi connectivity index (χ3n) is 8.14. The number of nitrogens with one attached hydrogen (secondary N) is 1. The quantitative estimate of drug-likeness (QED) is 0.490. The number of fused-ring (bicyclic) bond motifs is 1. The van der Waals surface area contributed by atoms with Crippen molar-refractivity contribution in [3.05, 3.63) is 23.8 Å². The molecule has 11 heteroatoms. The molecule has 232 valence electrons. The Morgan fingerprint density at radius 3 is 2.49 bits per heavy atom. The van der Waals surface area contributed by atoms with Crippen LogP contribution < -0.4 is 9.46 Å². The first kappa shape index (κ1) is 33.1. The fourth-order valence-electron chi connectivity index (χ4n) is 5.68. The van der Waals surface area contributed by atoms with E-state index in [9.17, 15) is 23.1 Å². The largest absolute Gasteiger partial charge is 0.490 e. The van der Waals surface area contributed by atoms with Gasteiger partial charge in [0.2, 0.25) is 15.9 Å². The van der Waals surface area contributed by atoms with E-state index in [0.29, 0.717) is 18.9 Å². The summed E-state index contributed by atoms with van der Waals surface area (Å²) < 4.78 is 38.8. The van der Waals surface area contributed by atoms with Gasteiger partial charge in [0.25, 0.3) is 5.91 Å². The number of nitrogens with zero attached hydrogens (tertiary/aromatic N) is 2. The molecule has 1 heterocycles. The van der Waals surface area contributed by atoms with E-state index in [0.717, 1.165) is 51.2 Å². The average molecular weight is 596 g/mol. The van der Waals surface area contributed by atoms with E-state index in [2.05, 4.69) is 4.72 Å². The molecule has 0 radical (unpaired) electrons. The van der Waals surface area contributed by atoms with Gasteiger partial charge in [-0.2, -0.15) is 0 Å². The molecule has 1 aromatic carbocycles. The predicted octanol–water partition coefficient (Wildman–Crippen LogP) is 3.89. The topological polar surface area (TPSA) is 125 Å². The maximum absolute atomic E-state index is 14.1. The second-order valence-corrected chi connectivity index (χ2v) is 13.7. The van der Waals surface area contributed by atoms with Gasteiger partial charge in [-0.15, -0.1) is 0 Å². The van der Waals surface area contributed by atoms with Gasteiger partial charge in [-0.05, 0) is 64.2 Å². The molecule has 1 aliphatic carbocycles. The second-order valence-electron chi connectivity index (χ2n) is 11.9. The number of anilines is 1. The summed E-state index contributed by atoms with van der Waals surface area (Å²) in [6.45, 7) is 6.69. The molecule has 2 N–H and O–H groups in total. The van der Waals surface area contributed by atoms with Crippen molar-refractivity contribution < 1.29 is 32.6 Å². The Labute approximate surface area is 245 Å². The van der Waals surface area contributed by atoms with Gasteiger partial charge in [-0.25, -0.2) is 8.42 Å². The van der Waals surface area contributed by atoms with Crippen LogP contribution in [0.3, 0.4) is 0 Å². The number of ether oxygens (including phenoxy) is 2. The number of aliphatic hydroxyl groups excluding tert-OH is 1. The molecule has 0 saturated heterocycles. The molecule has 0 aromatic heterocycles. The molecular weight excluding hydrogens is 546 g/mol. The Kier molecular flexibility index (Phi) is 12.3. The van der Waals surface area contributed by atoms with Crippen LogP contribution in [0.25, 0.3) is 0 Å². The van der Waals surface area contributed by atoms with Gasteiger partial charge in [0.05, 0.1) is 36.7 Å². The monoisotopic (exact) mass is 595 g/mol. The number of likely N-dealkylation sites (N-methyl/N-ethyl adjacent to an activating group) is 1.